The number of benzene rings is 3. The fraction of sp³-hybridized carbons (Fsp3) is 0.214. The number of ether oxygens (including phenoxy) is 3. The molecule has 1 aliphatic rings. The Kier molecular flexibility index (Phi) is 7.59. The van der Waals surface area contributed by atoms with Gasteiger partial charge in [-0.15, -0.1) is 0 Å². The standard InChI is InChI=1S/C28H26ClNO7/c1-4-36-19-10-8-18(9-11-19)30-25(16-6-12-21(31)23(15-16)37-5-2)24(27(33)28(30)34)26(32)17-7-13-22(35-3)20(29)14-17/h6-15,25,31-32H,4-5H2,1-3H3/b26-24-. The van der Waals surface area contributed by atoms with E-state index in [-0.39, 0.29) is 27.7 Å². The van der Waals surface area contributed by atoms with Gasteiger partial charge in [0.15, 0.2) is 11.5 Å². The molecule has 4 rings (SSSR count). The number of amides is 1. The Labute approximate surface area is 219 Å². The molecule has 1 amide bonds. The van der Waals surface area contributed by atoms with Crippen molar-refractivity contribution >= 4 is 34.7 Å². The summed E-state index contributed by atoms with van der Waals surface area (Å²) in [7, 11) is 1.46. The first kappa shape index (κ1) is 25.9. The van der Waals surface area contributed by atoms with Gasteiger partial charge < -0.3 is 24.4 Å². The summed E-state index contributed by atoms with van der Waals surface area (Å²) in [6, 6.07) is 14.8. The van der Waals surface area contributed by atoms with E-state index in [1.807, 2.05) is 6.92 Å². The minimum atomic E-state index is -1.02. The van der Waals surface area contributed by atoms with Crippen LogP contribution in [0.3, 0.4) is 0 Å². The molecule has 1 saturated heterocycles. The molecule has 1 aliphatic heterocycles. The van der Waals surface area contributed by atoms with Gasteiger partial charge in [0.25, 0.3) is 11.7 Å². The second-order valence-corrected chi connectivity index (χ2v) is 8.51. The molecule has 1 fully saturated rings. The summed E-state index contributed by atoms with van der Waals surface area (Å²) in [5.74, 6) is -0.988. The van der Waals surface area contributed by atoms with Gasteiger partial charge >= 0.3 is 0 Å². The van der Waals surface area contributed by atoms with E-state index in [9.17, 15) is 19.8 Å². The molecule has 1 heterocycles. The number of aromatic hydroxyl groups is 1. The monoisotopic (exact) mass is 523 g/mol. The summed E-state index contributed by atoms with van der Waals surface area (Å²) < 4.78 is 16.2. The highest BCUT2D eigenvalue weighted by molar-refractivity contribution is 6.51. The van der Waals surface area contributed by atoms with Crippen LogP contribution in [0.2, 0.25) is 5.02 Å². The average molecular weight is 524 g/mol. The van der Waals surface area contributed by atoms with Crippen LogP contribution in [0.4, 0.5) is 5.69 Å². The van der Waals surface area contributed by atoms with E-state index in [0.717, 1.165) is 0 Å². The summed E-state index contributed by atoms with van der Waals surface area (Å²) in [5, 5.41) is 21.8. The minimum Gasteiger partial charge on any atom is -0.507 e. The number of Topliss-reactive ketones (excluding diaryl/α,β-unsaturated/α-hetero) is 1. The Bertz CT molecular complexity index is 1370. The van der Waals surface area contributed by atoms with Crippen molar-refractivity contribution in [1.29, 1.82) is 0 Å². The number of hydrogen-bond donors (Lipinski definition) is 2. The summed E-state index contributed by atoms with van der Waals surface area (Å²) >= 11 is 6.26. The summed E-state index contributed by atoms with van der Waals surface area (Å²) in [5.41, 5.74) is 0.987. The van der Waals surface area contributed by atoms with Gasteiger partial charge in [0, 0.05) is 11.3 Å². The molecule has 8 nitrogen and oxygen atoms in total. The number of halogens is 1. The van der Waals surface area contributed by atoms with Crippen LogP contribution in [0.25, 0.3) is 5.76 Å². The molecule has 192 valence electrons. The number of carbonyl (C=O) groups excluding carboxylic acids is 2. The highest BCUT2D eigenvalue weighted by Crippen LogP contribution is 2.44. The average Bonchev–Trinajstić information content (AvgIpc) is 3.16. The number of phenolic OH excluding ortho intramolecular Hbond substituents is 1. The first-order valence-corrected chi connectivity index (χ1v) is 12.0. The second-order valence-electron chi connectivity index (χ2n) is 8.11. The molecular formula is C28H26ClNO7. The van der Waals surface area contributed by atoms with E-state index in [4.69, 9.17) is 25.8 Å². The summed E-state index contributed by atoms with van der Waals surface area (Å²) in [6.45, 7) is 4.40. The third-order valence-corrected chi connectivity index (χ3v) is 6.19. The van der Waals surface area contributed by atoms with Crippen molar-refractivity contribution in [2.75, 3.05) is 25.2 Å². The molecule has 37 heavy (non-hydrogen) atoms. The van der Waals surface area contributed by atoms with E-state index >= 15 is 0 Å². The molecular weight excluding hydrogens is 498 g/mol. The number of nitrogens with zero attached hydrogens (tertiary/aromatic N) is 1. The minimum absolute atomic E-state index is 0.0921. The number of rotatable bonds is 8. The van der Waals surface area contributed by atoms with Gasteiger partial charge in [-0.05, 0) is 74.0 Å². The zero-order valence-corrected chi connectivity index (χ0v) is 21.3. The van der Waals surface area contributed by atoms with Gasteiger partial charge in [-0.2, -0.15) is 0 Å². The lowest BCUT2D eigenvalue weighted by Crippen LogP contribution is -2.29. The highest BCUT2D eigenvalue weighted by atomic mass is 35.5. The lowest BCUT2D eigenvalue weighted by Gasteiger charge is -2.26. The van der Waals surface area contributed by atoms with Crippen molar-refractivity contribution in [1.82, 2.24) is 0 Å². The molecule has 0 aliphatic carbocycles. The Morgan fingerprint density at radius 2 is 1.65 bits per heavy atom. The molecule has 9 heteroatoms. The maximum Gasteiger partial charge on any atom is 0.300 e. The second kappa shape index (κ2) is 10.8. The summed E-state index contributed by atoms with van der Waals surface area (Å²) in [6.07, 6.45) is 0. The lowest BCUT2D eigenvalue weighted by atomic mass is 9.94. The molecule has 3 aromatic rings. The Balaban J connectivity index is 1.92. The van der Waals surface area contributed by atoms with Crippen molar-refractivity contribution in [2.24, 2.45) is 0 Å². The van der Waals surface area contributed by atoms with Crippen LogP contribution >= 0.6 is 11.6 Å². The first-order chi connectivity index (χ1) is 17.8. The van der Waals surface area contributed by atoms with Crippen LogP contribution < -0.4 is 19.1 Å². The summed E-state index contributed by atoms with van der Waals surface area (Å²) in [4.78, 5) is 28.0. The number of anilines is 1. The van der Waals surface area contributed by atoms with Crippen LogP contribution in [0.5, 0.6) is 23.0 Å². The van der Waals surface area contributed by atoms with Crippen molar-refractivity contribution < 1.29 is 34.0 Å². The Morgan fingerprint density at radius 1 is 0.946 bits per heavy atom. The third kappa shape index (κ3) is 4.93. The third-order valence-electron chi connectivity index (χ3n) is 5.89. The predicted octanol–water partition coefficient (Wildman–Crippen LogP) is 5.48. The van der Waals surface area contributed by atoms with Crippen molar-refractivity contribution in [3.63, 3.8) is 0 Å². The molecule has 2 N–H and O–H groups in total. The smallest absolute Gasteiger partial charge is 0.300 e. The number of ketones is 1. The molecule has 0 aromatic heterocycles. The van der Waals surface area contributed by atoms with Crippen LogP contribution in [0.15, 0.2) is 66.2 Å². The van der Waals surface area contributed by atoms with E-state index in [2.05, 4.69) is 0 Å². The van der Waals surface area contributed by atoms with E-state index in [1.54, 1.807) is 55.5 Å². The lowest BCUT2D eigenvalue weighted by molar-refractivity contribution is -0.132. The van der Waals surface area contributed by atoms with E-state index in [1.165, 1.54) is 24.1 Å². The largest absolute Gasteiger partial charge is 0.507 e. The zero-order chi connectivity index (χ0) is 26.7. The van der Waals surface area contributed by atoms with Gasteiger partial charge in [-0.1, -0.05) is 17.7 Å². The van der Waals surface area contributed by atoms with Crippen molar-refractivity contribution in [3.8, 4) is 23.0 Å². The van der Waals surface area contributed by atoms with Crippen molar-refractivity contribution in [2.45, 2.75) is 19.9 Å². The SMILES string of the molecule is CCOc1ccc(N2C(=O)C(=O)/C(=C(\O)c3ccc(OC)c(Cl)c3)C2c2ccc(O)c(OCC)c2)cc1. The maximum absolute atomic E-state index is 13.4. The number of hydrogen-bond acceptors (Lipinski definition) is 7. The van der Waals surface area contributed by atoms with Gasteiger partial charge in [-0.25, -0.2) is 0 Å². The molecule has 1 unspecified atom stereocenters. The number of aliphatic hydroxyl groups excluding tert-OH is 1. The van der Waals surface area contributed by atoms with Gasteiger partial charge in [0.1, 0.15) is 17.3 Å². The van der Waals surface area contributed by atoms with Crippen LogP contribution in [0.1, 0.15) is 31.0 Å². The number of phenols is 1. The molecule has 3 aromatic carbocycles. The Morgan fingerprint density at radius 3 is 2.27 bits per heavy atom. The maximum atomic E-state index is 13.4. The van der Waals surface area contributed by atoms with Gasteiger partial charge in [-0.3, -0.25) is 14.5 Å². The van der Waals surface area contributed by atoms with Gasteiger partial charge in [0.2, 0.25) is 0 Å². The number of carbonyl (C=O) groups is 2. The number of aliphatic hydroxyl groups is 1. The van der Waals surface area contributed by atoms with E-state index in [0.29, 0.717) is 36.0 Å². The topological polar surface area (TPSA) is 106 Å². The fourth-order valence-electron chi connectivity index (χ4n) is 4.22. The van der Waals surface area contributed by atoms with Crippen LogP contribution in [0, 0.1) is 0 Å². The molecule has 0 radical (unpaired) electrons. The molecule has 0 saturated carbocycles. The normalized spacial score (nSPS) is 16.6. The fourth-order valence-corrected chi connectivity index (χ4v) is 4.48. The predicted molar refractivity (Wildman–Crippen MR) is 140 cm³/mol. The highest BCUT2D eigenvalue weighted by Gasteiger charge is 2.47. The molecule has 0 spiro atoms. The van der Waals surface area contributed by atoms with Gasteiger partial charge in [0.05, 0.1) is 37.0 Å². The zero-order valence-electron chi connectivity index (χ0n) is 20.5. The van der Waals surface area contributed by atoms with Crippen LogP contribution in [-0.2, 0) is 9.59 Å². The molecule has 0 bridgehead atoms. The number of methoxy groups -OCH3 is 1. The first-order valence-electron chi connectivity index (χ1n) is 11.6. The van der Waals surface area contributed by atoms with Crippen LogP contribution in [-0.4, -0.2) is 42.2 Å². The van der Waals surface area contributed by atoms with Crippen molar-refractivity contribution in [3.05, 3.63) is 82.4 Å². The molecule has 1 atom stereocenters. The van der Waals surface area contributed by atoms with E-state index < -0.39 is 23.5 Å². The quantitative estimate of drug-likeness (QED) is 0.229. The Hall–Kier alpha value is -4.17.